The second-order valence-corrected chi connectivity index (χ2v) is 10.6. The van der Waals surface area contributed by atoms with Crippen LogP contribution in [0.5, 0.6) is 11.5 Å². The van der Waals surface area contributed by atoms with E-state index in [4.69, 9.17) is 19.0 Å². The van der Waals surface area contributed by atoms with Gasteiger partial charge in [-0.25, -0.2) is 4.79 Å². The summed E-state index contributed by atoms with van der Waals surface area (Å²) in [4.78, 5) is 38.3. The average molecular weight is 586 g/mol. The van der Waals surface area contributed by atoms with Crippen molar-refractivity contribution < 1.29 is 28.6 Å². The Hall–Kier alpha value is -4.79. The molecule has 9 nitrogen and oxygen atoms in total. The van der Waals surface area contributed by atoms with E-state index in [1.807, 2.05) is 80.7 Å². The summed E-state index contributed by atoms with van der Waals surface area (Å²) in [5.74, 6) is 0.237. The minimum atomic E-state index is -0.948. The Balaban J connectivity index is 1.74. The summed E-state index contributed by atoms with van der Waals surface area (Å²) in [6.07, 6.45) is 2.46. The van der Waals surface area contributed by atoms with E-state index in [-0.39, 0.29) is 31.2 Å². The summed E-state index contributed by atoms with van der Waals surface area (Å²) in [5, 5.41) is 5.29. The van der Waals surface area contributed by atoms with E-state index in [0.717, 1.165) is 27.6 Å². The number of carbonyl (C=O) groups is 2. The number of ether oxygens (including phenoxy) is 3. The topological polar surface area (TPSA) is 102 Å². The second-order valence-electron chi connectivity index (χ2n) is 10.6. The van der Waals surface area contributed by atoms with Gasteiger partial charge >= 0.3 is 5.97 Å². The van der Waals surface area contributed by atoms with Gasteiger partial charge < -0.3 is 28.9 Å². The number of nitrogens with zero attached hydrogens (tertiary/aromatic N) is 2. The van der Waals surface area contributed by atoms with Gasteiger partial charge in [-0.3, -0.25) is 4.79 Å². The molecule has 1 N–H and O–H groups in total. The van der Waals surface area contributed by atoms with Crippen LogP contribution in [0.3, 0.4) is 0 Å². The third-order valence-electron chi connectivity index (χ3n) is 7.10. The van der Waals surface area contributed by atoms with Crippen LogP contribution in [0, 0.1) is 5.92 Å². The number of para-hydroxylation sites is 1. The van der Waals surface area contributed by atoms with Crippen molar-refractivity contribution in [2.24, 2.45) is 11.1 Å². The number of esters is 1. The van der Waals surface area contributed by atoms with Crippen LogP contribution in [0.1, 0.15) is 37.0 Å². The number of fused-ring (bicyclic) bond motifs is 1. The number of nitrogens with one attached hydrogen (secondary N) is 1. The lowest BCUT2D eigenvalue weighted by molar-refractivity contribution is -0.151. The second kappa shape index (κ2) is 14.9. The van der Waals surface area contributed by atoms with Crippen LogP contribution in [0.25, 0.3) is 10.9 Å². The fourth-order valence-electron chi connectivity index (χ4n) is 4.94. The van der Waals surface area contributed by atoms with Crippen molar-refractivity contribution in [2.75, 3.05) is 21.3 Å². The Kier molecular flexibility index (Phi) is 10.8. The maximum atomic E-state index is 14.4. The third kappa shape index (κ3) is 7.94. The summed E-state index contributed by atoms with van der Waals surface area (Å²) in [7, 11) is 4.44. The lowest BCUT2D eigenvalue weighted by Gasteiger charge is -2.31. The highest BCUT2D eigenvalue weighted by Gasteiger charge is 2.34. The molecule has 43 heavy (non-hydrogen) atoms. The highest BCUT2D eigenvalue weighted by molar-refractivity contribution is 6.39. The first-order valence-electron chi connectivity index (χ1n) is 14.2. The van der Waals surface area contributed by atoms with Crippen molar-refractivity contribution >= 4 is 28.5 Å². The normalized spacial score (nSPS) is 12.2. The number of carbonyl (C=O) groups excluding carboxylic acids is 2. The summed E-state index contributed by atoms with van der Waals surface area (Å²) in [5.41, 5.74) is 3.72. The Bertz CT molecular complexity index is 1550. The molecule has 0 aliphatic rings. The largest absolute Gasteiger partial charge is 0.493 e. The molecule has 226 valence electrons. The minimum absolute atomic E-state index is 0.0944. The molecular formula is C34H39N3O6. The van der Waals surface area contributed by atoms with Gasteiger partial charge in [0.1, 0.15) is 18.4 Å². The van der Waals surface area contributed by atoms with Crippen molar-refractivity contribution in [2.45, 2.75) is 45.9 Å². The number of rotatable bonds is 14. The molecule has 9 heteroatoms. The fraction of sp³-hybridized carbons (Fsp3) is 0.324. The van der Waals surface area contributed by atoms with Crippen LogP contribution >= 0.6 is 0 Å². The summed E-state index contributed by atoms with van der Waals surface area (Å²) in [6, 6.07) is 21.9. The van der Waals surface area contributed by atoms with Gasteiger partial charge in [0.15, 0.2) is 11.5 Å². The highest BCUT2D eigenvalue weighted by Crippen LogP contribution is 2.29. The minimum Gasteiger partial charge on any atom is -0.493 e. The first kappa shape index (κ1) is 31.2. The van der Waals surface area contributed by atoms with Crippen molar-refractivity contribution in [1.82, 2.24) is 9.88 Å². The van der Waals surface area contributed by atoms with Gasteiger partial charge in [-0.15, -0.1) is 0 Å². The highest BCUT2D eigenvalue weighted by atomic mass is 16.6. The van der Waals surface area contributed by atoms with E-state index in [2.05, 4.69) is 10.1 Å². The van der Waals surface area contributed by atoms with E-state index in [0.29, 0.717) is 17.9 Å². The maximum absolute atomic E-state index is 14.4. The number of hydrogen-bond donors (Lipinski definition) is 1. The van der Waals surface area contributed by atoms with Gasteiger partial charge in [-0.2, -0.15) is 0 Å². The number of amides is 1. The molecule has 0 saturated carbocycles. The molecule has 0 aliphatic heterocycles. The average Bonchev–Trinajstić information content (AvgIpc) is 3.44. The Morgan fingerprint density at radius 2 is 1.60 bits per heavy atom. The molecule has 1 atom stereocenters. The first-order valence-corrected chi connectivity index (χ1v) is 14.2. The summed E-state index contributed by atoms with van der Waals surface area (Å²) < 4.78 is 16.2. The first-order chi connectivity index (χ1) is 20.8. The van der Waals surface area contributed by atoms with Gasteiger partial charge in [-0.1, -0.05) is 73.6 Å². The van der Waals surface area contributed by atoms with Crippen LogP contribution in [-0.4, -0.2) is 54.8 Å². The number of oxime groups is 1. The smallest absolute Gasteiger partial charge is 0.328 e. The molecule has 4 aromatic rings. The number of aromatic nitrogens is 1. The van der Waals surface area contributed by atoms with Crippen molar-refractivity contribution in [3.8, 4) is 11.5 Å². The Morgan fingerprint density at radius 3 is 2.30 bits per heavy atom. The molecule has 4 rings (SSSR count). The monoisotopic (exact) mass is 585 g/mol. The number of benzene rings is 3. The molecular weight excluding hydrogens is 546 g/mol. The lowest BCUT2D eigenvalue weighted by atomic mass is 10.0. The predicted octanol–water partition coefficient (Wildman–Crippen LogP) is 5.92. The Labute approximate surface area is 252 Å². The molecule has 1 amide bonds. The van der Waals surface area contributed by atoms with Crippen LogP contribution in [0.2, 0.25) is 0 Å². The molecule has 1 aromatic heterocycles. The van der Waals surface area contributed by atoms with E-state index in [1.54, 1.807) is 26.4 Å². The third-order valence-corrected chi connectivity index (χ3v) is 7.10. The SMILES string of the molecule is COC(=O)[C@H](Cc1c[nH]c2ccccc12)N(Cc1ccc(OC)c(OC)c1)C(=O)C(CC(C)C)=NOCc1ccccc1. The molecule has 1 heterocycles. The number of H-pyrrole nitrogens is 1. The fourth-order valence-corrected chi connectivity index (χ4v) is 4.94. The molecule has 0 fully saturated rings. The molecule has 0 saturated heterocycles. The van der Waals surface area contributed by atoms with Crippen LogP contribution in [0.4, 0.5) is 0 Å². The molecule has 0 aliphatic carbocycles. The number of methoxy groups -OCH3 is 3. The molecule has 0 bridgehead atoms. The zero-order valence-electron chi connectivity index (χ0n) is 25.3. The van der Waals surface area contributed by atoms with E-state index in [9.17, 15) is 9.59 Å². The van der Waals surface area contributed by atoms with Crippen LogP contribution < -0.4 is 9.47 Å². The van der Waals surface area contributed by atoms with Crippen LogP contribution in [0.15, 0.2) is 84.1 Å². The number of hydrogen-bond acceptors (Lipinski definition) is 7. The van der Waals surface area contributed by atoms with Gasteiger partial charge in [0.25, 0.3) is 5.91 Å². The predicted molar refractivity (Wildman–Crippen MR) is 166 cm³/mol. The van der Waals surface area contributed by atoms with Crippen molar-refractivity contribution in [3.63, 3.8) is 0 Å². The zero-order valence-corrected chi connectivity index (χ0v) is 25.3. The lowest BCUT2D eigenvalue weighted by Crippen LogP contribution is -2.49. The van der Waals surface area contributed by atoms with Crippen molar-refractivity contribution in [1.29, 1.82) is 0 Å². The van der Waals surface area contributed by atoms with E-state index >= 15 is 0 Å². The molecule has 0 radical (unpaired) electrons. The zero-order chi connectivity index (χ0) is 30.8. The maximum Gasteiger partial charge on any atom is 0.328 e. The van der Waals surface area contributed by atoms with E-state index < -0.39 is 17.9 Å². The van der Waals surface area contributed by atoms with E-state index in [1.165, 1.54) is 12.0 Å². The van der Waals surface area contributed by atoms with Gasteiger partial charge in [-0.05, 0) is 40.8 Å². The van der Waals surface area contributed by atoms with Crippen LogP contribution in [-0.2, 0) is 38.7 Å². The Morgan fingerprint density at radius 1 is 0.884 bits per heavy atom. The molecule has 0 spiro atoms. The summed E-state index contributed by atoms with van der Waals surface area (Å²) >= 11 is 0. The molecule has 0 unspecified atom stereocenters. The van der Waals surface area contributed by atoms with Gasteiger partial charge in [0, 0.05) is 36.5 Å². The van der Waals surface area contributed by atoms with Crippen molar-refractivity contribution in [3.05, 3.63) is 95.7 Å². The molecule has 3 aromatic carbocycles. The van der Waals surface area contributed by atoms with Gasteiger partial charge in [0.2, 0.25) is 0 Å². The quantitative estimate of drug-likeness (QED) is 0.112. The number of aromatic amines is 1. The standard InChI is InChI=1S/C34H39N3O6/c1-23(2)17-29(36-43-22-24-11-7-6-8-12-24)33(38)37(21-25-15-16-31(40-3)32(18-25)41-4)30(34(39)42-5)19-26-20-35-28-14-10-9-13-27(26)28/h6-16,18,20,23,30,35H,17,19,21-22H2,1-5H3/t30-/m0/s1. The van der Waals surface area contributed by atoms with Gasteiger partial charge in [0.05, 0.1) is 21.3 Å². The summed E-state index contributed by atoms with van der Waals surface area (Å²) in [6.45, 7) is 4.31.